The normalized spacial score (nSPS) is 19.9. The molecule has 0 saturated carbocycles. The highest BCUT2D eigenvalue weighted by molar-refractivity contribution is 9.10. The molecule has 1 heterocycles. The Morgan fingerprint density at radius 3 is 3.40 bits per heavy atom. The lowest BCUT2D eigenvalue weighted by atomic mass is 10.3. The van der Waals surface area contributed by atoms with Crippen LogP contribution in [0.4, 0.5) is 0 Å². The third-order valence-corrected chi connectivity index (χ3v) is 1.37. The van der Waals surface area contributed by atoms with Crippen LogP contribution >= 0.6 is 15.9 Å². The van der Waals surface area contributed by atoms with E-state index < -0.39 is 13.6 Å². The summed E-state index contributed by atoms with van der Waals surface area (Å²) in [6.45, 7) is -2.38. The Bertz CT molecular complexity index is 336. The van der Waals surface area contributed by atoms with Gasteiger partial charge in [-0.05, 0) is 27.6 Å². The van der Waals surface area contributed by atoms with Crippen LogP contribution in [-0.4, -0.2) is 12.0 Å². The van der Waals surface area contributed by atoms with Crippen molar-refractivity contribution in [2.24, 2.45) is 0 Å². The van der Waals surface area contributed by atoms with Crippen molar-refractivity contribution in [2.75, 3.05) is 7.04 Å². The summed E-state index contributed by atoms with van der Waals surface area (Å²) in [4.78, 5) is 3.79. The first-order chi connectivity index (χ1) is 6.71. The minimum Gasteiger partial charge on any atom is -0.380 e. The second-order valence-electron chi connectivity index (χ2n) is 1.57. The van der Waals surface area contributed by atoms with Crippen molar-refractivity contribution in [1.29, 1.82) is 0 Å². The summed E-state index contributed by atoms with van der Waals surface area (Å²) in [5, 5.41) is 0. The maximum atomic E-state index is 7.42. The zero-order valence-electron chi connectivity index (χ0n) is 9.97. The molecule has 0 aliphatic rings. The van der Waals surface area contributed by atoms with Crippen molar-refractivity contribution in [3.63, 3.8) is 0 Å². The fourth-order valence-corrected chi connectivity index (χ4v) is 0.730. The summed E-state index contributed by atoms with van der Waals surface area (Å²) >= 11 is 3.09. The van der Waals surface area contributed by atoms with Gasteiger partial charge in [-0.15, -0.1) is 0 Å². The molecule has 54 valence electrons. The van der Waals surface area contributed by atoms with E-state index in [9.17, 15) is 0 Å². The molecule has 0 aliphatic carbocycles. The highest BCUT2D eigenvalue weighted by Gasteiger charge is 1.90. The topological polar surface area (TPSA) is 22.1 Å². The predicted octanol–water partition coefficient (Wildman–Crippen LogP) is 1.99. The fraction of sp³-hybridized carbons (Fsp3) is 0.286. The van der Waals surface area contributed by atoms with Crippen LogP contribution in [0.3, 0.4) is 0 Å². The summed E-state index contributed by atoms with van der Waals surface area (Å²) in [5.41, 5.74) is 0.0572. The van der Waals surface area contributed by atoms with E-state index in [-0.39, 0.29) is 5.56 Å². The van der Waals surface area contributed by atoms with Gasteiger partial charge in [0.2, 0.25) is 0 Å². The zero-order valence-corrected chi connectivity index (χ0v) is 6.55. The standard InChI is InChI=1S/C7H8BrNO/c1-10-5-6-2-3-7(8)9-4-6/h2-4H,5H2,1H3/i1D3,5D2. The average molecular weight is 207 g/mol. The smallest absolute Gasteiger partial charge is 0.106 e. The summed E-state index contributed by atoms with van der Waals surface area (Å²) in [7, 11) is -2.78. The number of aromatic nitrogens is 1. The molecule has 1 aromatic heterocycles. The van der Waals surface area contributed by atoms with Crippen LogP contribution in [0, 0.1) is 0 Å². The Balaban J connectivity index is 2.90. The highest BCUT2D eigenvalue weighted by atomic mass is 79.9. The highest BCUT2D eigenvalue weighted by Crippen LogP contribution is 2.06. The lowest BCUT2D eigenvalue weighted by molar-refractivity contribution is 0.184. The van der Waals surface area contributed by atoms with Gasteiger partial charge in [-0.2, -0.15) is 0 Å². The van der Waals surface area contributed by atoms with Gasteiger partial charge in [0.25, 0.3) is 0 Å². The molecule has 3 heteroatoms. The molecule has 0 atom stereocenters. The fourth-order valence-electron chi connectivity index (χ4n) is 0.495. The SMILES string of the molecule is [2H]C([2H])([2H])OC([2H])([2H])c1ccc(Br)nc1. The van der Waals surface area contributed by atoms with Gasteiger partial charge >= 0.3 is 0 Å². The van der Waals surface area contributed by atoms with Gasteiger partial charge in [-0.3, -0.25) is 0 Å². The molecule has 1 aromatic rings. The number of rotatable bonds is 2. The third-order valence-electron chi connectivity index (χ3n) is 0.896. The molecule has 0 fully saturated rings. The van der Waals surface area contributed by atoms with Crippen LogP contribution in [0.15, 0.2) is 22.9 Å². The van der Waals surface area contributed by atoms with Gasteiger partial charge in [0.05, 0.1) is 13.4 Å². The molecule has 0 N–H and O–H groups in total. The summed E-state index contributed by atoms with van der Waals surface area (Å²) < 4.78 is 40.2. The molecule has 1 rings (SSSR count). The first-order valence-electron chi connectivity index (χ1n) is 5.03. The second-order valence-corrected chi connectivity index (χ2v) is 2.39. The first-order valence-corrected chi connectivity index (χ1v) is 3.32. The zero-order chi connectivity index (χ0) is 11.7. The number of pyridine rings is 1. The maximum absolute atomic E-state index is 7.42. The molecule has 0 saturated heterocycles. The van der Waals surface area contributed by atoms with Crippen LogP contribution in [-0.2, 0) is 11.3 Å². The van der Waals surface area contributed by atoms with E-state index in [0.717, 1.165) is 0 Å². The van der Waals surface area contributed by atoms with Crippen LogP contribution in [0.1, 0.15) is 12.4 Å². The molecule has 2 nitrogen and oxygen atoms in total. The van der Waals surface area contributed by atoms with E-state index in [1.165, 1.54) is 18.3 Å². The van der Waals surface area contributed by atoms with Crippen LogP contribution in [0.5, 0.6) is 0 Å². The average Bonchev–Trinajstić information content (AvgIpc) is 2.00. The van der Waals surface area contributed by atoms with E-state index in [1.807, 2.05) is 0 Å². The van der Waals surface area contributed by atoms with Gasteiger partial charge in [-0.1, -0.05) is 6.07 Å². The van der Waals surface area contributed by atoms with Crippen molar-refractivity contribution in [3.8, 4) is 0 Å². The lowest BCUT2D eigenvalue weighted by Crippen LogP contribution is -1.87. The molecule has 0 bridgehead atoms. The monoisotopic (exact) mass is 206 g/mol. The third kappa shape index (κ3) is 2.08. The number of methoxy groups -OCH3 is 1. The molecule has 10 heavy (non-hydrogen) atoms. The minimum atomic E-state index is -2.78. The number of halogens is 1. The van der Waals surface area contributed by atoms with Crippen molar-refractivity contribution in [3.05, 3.63) is 28.5 Å². The van der Waals surface area contributed by atoms with Gasteiger partial charge in [0.1, 0.15) is 4.60 Å². The summed E-state index contributed by atoms with van der Waals surface area (Å²) in [6, 6.07) is 2.92. The molecule has 0 spiro atoms. The second kappa shape index (κ2) is 3.68. The van der Waals surface area contributed by atoms with Crippen molar-refractivity contribution < 1.29 is 11.6 Å². The van der Waals surface area contributed by atoms with Gasteiger partial charge < -0.3 is 4.74 Å². The largest absolute Gasteiger partial charge is 0.380 e. The maximum Gasteiger partial charge on any atom is 0.106 e. The van der Waals surface area contributed by atoms with Crippen molar-refractivity contribution in [1.82, 2.24) is 4.98 Å². The van der Waals surface area contributed by atoms with Crippen molar-refractivity contribution >= 4 is 15.9 Å². The summed E-state index contributed by atoms with van der Waals surface area (Å²) in [5.74, 6) is 0. The molecule has 0 unspecified atom stereocenters. The van der Waals surface area contributed by atoms with E-state index in [4.69, 9.17) is 6.85 Å². The molecule has 0 amide bonds. The Labute approximate surface area is 75.4 Å². The Morgan fingerprint density at radius 1 is 1.90 bits per heavy atom. The van der Waals surface area contributed by atoms with Crippen LogP contribution in [0.25, 0.3) is 0 Å². The molecule has 0 aromatic carbocycles. The number of ether oxygens (including phenoxy) is 1. The Hall–Kier alpha value is -0.410. The molecule has 0 radical (unpaired) electrons. The number of hydrogen-bond donors (Lipinski definition) is 0. The molecular formula is C7H8BrNO. The van der Waals surface area contributed by atoms with Gasteiger partial charge in [0, 0.05) is 13.2 Å². The predicted molar refractivity (Wildman–Crippen MR) is 42.7 cm³/mol. The number of hydrogen-bond acceptors (Lipinski definition) is 2. The van der Waals surface area contributed by atoms with Gasteiger partial charge in [-0.25, -0.2) is 4.98 Å². The quantitative estimate of drug-likeness (QED) is 0.692. The van der Waals surface area contributed by atoms with E-state index in [0.29, 0.717) is 4.60 Å². The van der Waals surface area contributed by atoms with Crippen LogP contribution in [0.2, 0.25) is 0 Å². The lowest BCUT2D eigenvalue weighted by Gasteiger charge is -1.96. The van der Waals surface area contributed by atoms with Crippen molar-refractivity contribution in [2.45, 2.75) is 6.56 Å². The van der Waals surface area contributed by atoms with E-state index >= 15 is 0 Å². The van der Waals surface area contributed by atoms with Crippen LogP contribution < -0.4 is 0 Å². The minimum absolute atomic E-state index is 0.0572. The molecular weight excluding hydrogens is 194 g/mol. The van der Waals surface area contributed by atoms with Gasteiger partial charge in [0.15, 0.2) is 0 Å². The molecule has 0 aliphatic heterocycles. The summed E-state index contributed by atoms with van der Waals surface area (Å²) in [6.07, 6.45) is 1.22. The Morgan fingerprint density at radius 2 is 2.80 bits per heavy atom. The number of nitrogens with zero attached hydrogens (tertiary/aromatic N) is 1. The first kappa shape index (κ1) is 3.32. The Kier molecular flexibility index (Phi) is 1.22. The van der Waals surface area contributed by atoms with E-state index in [2.05, 4.69) is 25.7 Å². The van der Waals surface area contributed by atoms with E-state index in [1.54, 1.807) is 0 Å².